The van der Waals surface area contributed by atoms with Crippen LogP contribution in [-0.2, 0) is 0 Å². The van der Waals surface area contributed by atoms with Crippen molar-refractivity contribution in [3.8, 4) is 11.4 Å². The monoisotopic (exact) mass is 261 g/mol. The highest BCUT2D eigenvalue weighted by molar-refractivity contribution is 6.33. The molecule has 3 nitrogen and oxygen atoms in total. The molecule has 1 N–H and O–H groups in total. The molecule has 3 aromatic rings. The Hall–Kier alpha value is -1.94. The summed E-state index contributed by atoms with van der Waals surface area (Å²) >= 11 is 5.94. The number of imidazole rings is 1. The van der Waals surface area contributed by atoms with Crippen molar-refractivity contribution in [2.75, 3.05) is 0 Å². The van der Waals surface area contributed by atoms with Crippen LogP contribution in [0, 0.1) is 12.7 Å². The van der Waals surface area contributed by atoms with Crippen LogP contribution in [0.4, 0.5) is 4.39 Å². The zero-order valence-electron chi connectivity index (χ0n) is 9.54. The number of nitrogens with one attached hydrogen (secondary N) is 1. The number of hydrogen-bond acceptors (Lipinski definition) is 2. The number of aromatic amines is 1. The van der Waals surface area contributed by atoms with Gasteiger partial charge in [0.2, 0.25) is 0 Å². The predicted octanol–water partition coefficient (Wildman–Crippen LogP) is 3.73. The molecule has 0 saturated carbocycles. The van der Waals surface area contributed by atoms with E-state index >= 15 is 0 Å². The van der Waals surface area contributed by atoms with E-state index in [-0.39, 0.29) is 5.02 Å². The van der Waals surface area contributed by atoms with Gasteiger partial charge in [-0.25, -0.2) is 14.4 Å². The van der Waals surface area contributed by atoms with Gasteiger partial charge in [0.05, 0.1) is 10.5 Å². The summed E-state index contributed by atoms with van der Waals surface area (Å²) in [5.41, 5.74) is 3.01. The number of H-pyrrole nitrogens is 1. The number of nitrogens with zero attached hydrogens (tertiary/aromatic N) is 2. The van der Waals surface area contributed by atoms with Gasteiger partial charge in [-0.1, -0.05) is 17.7 Å². The average molecular weight is 262 g/mol. The minimum Gasteiger partial charge on any atom is -0.336 e. The van der Waals surface area contributed by atoms with Crippen molar-refractivity contribution in [3.63, 3.8) is 0 Å². The van der Waals surface area contributed by atoms with Crippen molar-refractivity contribution >= 4 is 22.8 Å². The van der Waals surface area contributed by atoms with Gasteiger partial charge < -0.3 is 4.98 Å². The summed E-state index contributed by atoms with van der Waals surface area (Å²) in [5, 5.41) is 0.0641. The fourth-order valence-corrected chi connectivity index (χ4v) is 2.07. The molecule has 2 aromatic heterocycles. The molecule has 0 saturated heterocycles. The average Bonchev–Trinajstić information content (AvgIpc) is 2.78. The van der Waals surface area contributed by atoms with Crippen molar-refractivity contribution in [1.29, 1.82) is 0 Å². The molecule has 0 bridgehead atoms. The SMILES string of the molecule is Cc1ccnc2nc(-c3cccc(F)c3Cl)[nH]c12. The Morgan fingerprint density at radius 2 is 2.11 bits per heavy atom. The lowest BCUT2D eigenvalue weighted by Gasteiger charge is -2.00. The van der Waals surface area contributed by atoms with Crippen molar-refractivity contribution < 1.29 is 4.39 Å². The lowest BCUT2D eigenvalue weighted by molar-refractivity contribution is 0.628. The zero-order valence-corrected chi connectivity index (χ0v) is 10.3. The lowest BCUT2D eigenvalue weighted by Crippen LogP contribution is -1.85. The van der Waals surface area contributed by atoms with Gasteiger partial charge in [0.15, 0.2) is 5.65 Å². The van der Waals surface area contributed by atoms with Crippen LogP contribution >= 0.6 is 11.6 Å². The third-order valence-electron chi connectivity index (χ3n) is 2.81. The van der Waals surface area contributed by atoms with Crippen molar-refractivity contribution in [2.45, 2.75) is 6.92 Å². The topological polar surface area (TPSA) is 41.6 Å². The second-order valence-electron chi connectivity index (χ2n) is 4.01. The Kier molecular flexibility index (Phi) is 2.52. The summed E-state index contributed by atoms with van der Waals surface area (Å²) in [5.74, 6) is 0.0654. The number of pyridine rings is 1. The number of hydrogen-bond donors (Lipinski definition) is 1. The second-order valence-corrected chi connectivity index (χ2v) is 4.39. The Morgan fingerprint density at radius 1 is 1.28 bits per heavy atom. The fourth-order valence-electron chi connectivity index (χ4n) is 1.85. The normalized spacial score (nSPS) is 11.1. The molecule has 0 atom stereocenters. The smallest absolute Gasteiger partial charge is 0.178 e. The molecule has 0 aliphatic rings. The van der Waals surface area contributed by atoms with Crippen LogP contribution in [0.5, 0.6) is 0 Å². The summed E-state index contributed by atoms with van der Waals surface area (Å²) in [6.07, 6.45) is 1.69. The van der Waals surface area contributed by atoms with E-state index in [0.717, 1.165) is 11.1 Å². The number of aromatic nitrogens is 3. The van der Waals surface area contributed by atoms with Gasteiger partial charge in [-0.05, 0) is 30.7 Å². The molecule has 0 fully saturated rings. The van der Waals surface area contributed by atoms with E-state index < -0.39 is 5.82 Å². The van der Waals surface area contributed by atoms with Crippen LogP contribution in [0.3, 0.4) is 0 Å². The molecule has 0 radical (unpaired) electrons. The third-order valence-corrected chi connectivity index (χ3v) is 3.19. The molecular weight excluding hydrogens is 253 g/mol. The first-order chi connectivity index (χ1) is 8.66. The molecule has 0 unspecified atom stereocenters. The summed E-state index contributed by atoms with van der Waals surface area (Å²) in [6, 6.07) is 6.53. The minimum atomic E-state index is -0.459. The Bertz CT molecular complexity index is 736. The standard InChI is InChI=1S/C13H9ClFN3/c1-7-5-6-16-13-11(7)17-12(18-13)8-3-2-4-9(15)10(8)14/h2-6H,1H3,(H,16,17,18). The number of halogens is 2. The molecule has 5 heteroatoms. The molecular formula is C13H9ClFN3. The van der Waals surface area contributed by atoms with Crippen LogP contribution < -0.4 is 0 Å². The van der Waals surface area contributed by atoms with Crippen LogP contribution in [0.1, 0.15) is 5.56 Å². The van der Waals surface area contributed by atoms with Crippen LogP contribution in [0.15, 0.2) is 30.5 Å². The summed E-state index contributed by atoms with van der Waals surface area (Å²) in [7, 11) is 0. The van der Waals surface area contributed by atoms with E-state index in [2.05, 4.69) is 15.0 Å². The first-order valence-corrected chi connectivity index (χ1v) is 5.80. The maximum Gasteiger partial charge on any atom is 0.178 e. The summed E-state index contributed by atoms with van der Waals surface area (Å²) in [4.78, 5) is 11.6. The first-order valence-electron chi connectivity index (χ1n) is 5.42. The minimum absolute atomic E-state index is 0.0641. The van der Waals surface area contributed by atoms with E-state index in [4.69, 9.17) is 11.6 Å². The molecule has 0 aliphatic carbocycles. The number of benzene rings is 1. The van der Waals surface area contributed by atoms with Crippen molar-refractivity contribution in [2.24, 2.45) is 0 Å². The second kappa shape index (κ2) is 4.07. The third kappa shape index (κ3) is 1.66. The van der Waals surface area contributed by atoms with E-state index in [1.165, 1.54) is 6.07 Å². The maximum absolute atomic E-state index is 13.4. The number of rotatable bonds is 1. The van der Waals surface area contributed by atoms with Gasteiger partial charge in [0.25, 0.3) is 0 Å². The predicted molar refractivity (Wildman–Crippen MR) is 69.0 cm³/mol. The number of aryl methyl sites for hydroxylation is 1. The summed E-state index contributed by atoms with van der Waals surface area (Å²) in [6.45, 7) is 1.96. The highest BCUT2D eigenvalue weighted by Gasteiger charge is 2.12. The van der Waals surface area contributed by atoms with Gasteiger partial charge in [-0.3, -0.25) is 0 Å². The maximum atomic E-state index is 13.4. The number of fused-ring (bicyclic) bond motifs is 1. The Balaban J connectivity index is 2.26. The molecule has 0 spiro atoms. The highest BCUT2D eigenvalue weighted by Crippen LogP contribution is 2.29. The molecule has 18 heavy (non-hydrogen) atoms. The summed E-state index contributed by atoms with van der Waals surface area (Å²) < 4.78 is 13.4. The molecule has 90 valence electrons. The van der Waals surface area contributed by atoms with Crippen LogP contribution in [0.2, 0.25) is 5.02 Å². The van der Waals surface area contributed by atoms with E-state index in [1.807, 2.05) is 13.0 Å². The van der Waals surface area contributed by atoms with Gasteiger partial charge in [-0.15, -0.1) is 0 Å². The van der Waals surface area contributed by atoms with Gasteiger partial charge in [0.1, 0.15) is 11.6 Å². The molecule has 0 aliphatic heterocycles. The lowest BCUT2D eigenvalue weighted by atomic mass is 10.2. The fraction of sp³-hybridized carbons (Fsp3) is 0.0769. The van der Waals surface area contributed by atoms with E-state index in [0.29, 0.717) is 17.0 Å². The van der Waals surface area contributed by atoms with Crippen molar-refractivity contribution in [1.82, 2.24) is 15.0 Å². The van der Waals surface area contributed by atoms with E-state index in [9.17, 15) is 4.39 Å². The molecule has 1 aromatic carbocycles. The Labute approximate surface area is 108 Å². The zero-order chi connectivity index (χ0) is 12.7. The van der Waals surface area contributed by atoms with E-state index in [1.54, 1.807) is 18.3 Å². The highest BCUT2D eigenvalue weighted by atomic mass is 35.5. The largest absolute Gasteiger partial charge is 0.336 e. The Morgan fingerprint density at radius 3 is 2.89 bits per heavy atom. The first kappa shape index (κ1) is 11.2. The van der Waals surface area contributed by atoms with Crippen LogP contribution in [-0.4, -0.2) is 15.0 Å². The van der Waals surface area contributed by atoms with Gasteiger partial charge in [-0.2, -0.15) is 0 Å². The van der Waals surface area contributed by atoms with Crippen LogP contribution in [0.25, 0.3) is 22.6 Å². The molecule has 3 rings (SSSR count). The molecule has 0 amide bonds. The van der Waals surface area contributed by atoms with Crippen molar-refractivity contribution in [3.05, 3.63) is 46.9 Å². The molecule has 2 heterocycles. The quantitative estimate of drug-likeness (QED) is 0.725. The van der Waals surface area contributed by atoms with Gasteiger partial charge in [0, 0.05) is 11.8 Å². The van der Waals surface area contributed by atoms with Gasteiger partial charge >= 0.3 is 0 Å².